The second-order valence-corrected chi connectivity index (χ2v) is 5.80. The van der Waals surface area contributed by atoms with Crippen molar-refractivity contribution in [2.75, 3.05) is 32.4 Å². The van der Waals surface area contributed by atoms with Crippen molar-refractivity contribution in [3.8, 4) is 0 Å². The maximum Gasteiger partial charge on any atom is 0.220 e. The summed E-state index contributed by atoms with van der Waals surface area (Å²) < 4.78 is 24.6. The predicted molar refractivity (Wildman–Crippen MR) is 68.3 cm³/mol. The maximum atomic E-state index is 11.3. The van der Waals surface area contributed by atoms with Gasteiger partial charge in [0.05, 0.1) is 5.75 Å². The van der Waals surface area contributed by atoms with Crippen LogP contribution in [0, 0.1) is 0 Å². The summed E-state index contributed by atoms with van der Waals surface area (Å²) in [6, 6.07) is 0. The summed E-state index contributed by atoms with van der Waals surface area (Å²) in [5.74, 6) is 0.0993. The second kappa shape index (κ2) is 9.38. The Bertz CT molecular complexity index is 304. The molecule has 0 saturated carbocycles. The van der Waals surface area contributed by atoms with Crippen LogP contribution in [0.25, 0.3) is 0 Å². The highest BCUT2D eigenvalue weighted by Crippen LogP contribution is 1.87. The highest BCUT2D eigenvalue weighted by Gasteiger charge is 2.04. The Kier molecular flexibility index (Phi) is 9.01. The highest BCUT2D eigenvalue weighted by atomic mass is 32.2. The number of carbonyl (C=O) groups excluding carboxylic acids is 1. The molecule has 0 aromatic rings. The van der Waals surface area contributed by atoms with E-state index < -0.39 is 10.0 Å². The van der Waals surface area contributed by atoms with Gasteiger partial charge >= 0.3 is 0 Å². The maximum absolute atomic E-state index is 11.3. The molecule has 17 heavy (non-hydrogen) atoms. The Morgan fingerprint density at radius 3 is 2.41 bits per heavy atom. The molecule has 0 aliphatic heterocycles. The lowest BCUT2D eigenvalue weighted by Gasteiger charge is -2.06. The summed E-state index contributed by atoms with van der Waals surface area (Å²) in [7, 11) is -1.26. The molecule has 0 aliphatic rings. The minimum atomic E-state index is -3.11. The SMILES string of the molecule is CCS(=O)(=O)NCCCNC(=O)CCCNC. The van der Waals surface area contributed by atoms with E-state index in [4.69, 9.17) is 0 Å². The molecule has 1 amide bonds. The average Bonchev–Trinajstić information content (AvgIpc) is 2.29. The van der Waals surface area contributed by atoms with Gasteiger partial charge in [0.2, 0.25) is 15.9 Å². The number of carbonyl (C=O) groups is 1. The van der Waals surface area contributed by atoms with Crippen molar-refractivity contribution in [1.29, 1.82) is 0 Å². The summed E-state index contributed by atoms with van der Waals surface area (Å²) in [5.41, 5.74) is 0. The van der Waals surface area contributed by atoms with E-state index in [9.17, 15) is 13.2 Å². The number of hydrogen-bond donors (Lipinski definition) is 3. The van der Waals surface area contributed by atoms with Crippen LogP contribution in [0.4, 0.5) is 0 Å². The Hall–Kier alpha value is -0.660. The van der Waals surface area contributed by atoms with Gasteiger partial charge in [0, 0.05) is 19.5 Å². The first kappa shape index (κ1) is 16.3. The van der Waals surface area contributed by atoms with E-state index in [1.807, 2.05) is 7.05 Å². The van der Waals surface area contributed by atoms with E-state index in [2.05, 4.69) is 15.4 Å². The monoisotopic (exact) mass is 265 g/mol. The van der Waals surface area contributed by atoms with Crippen molar-refractivity contribution >= 4 is 15.9 Å². The Balaban J connectivity index is 3.42. The van der Waals surface area contributed by atoms with Crippen LogP contribution in [-0.2, 0) is 14.8 Å². The van der Waals surface area contributed by atoms with Crippen LogP contribution in [0.1, 0.15) is 26.2 Å². The summed E-state index contributed by atoms with van der Waals surface area (Å²) >= 11 is 0. The first-order valence-corrected chi connectivity index (χ1v) is 7.55. The Morgan fingerprint density at radius 2 is 1.82 bits per heavy atom. The van der Waals surface area contributed by atoms with Crippen LogP contribution in [0.5, 0.6) is 0 Å². The van der Waals surface area contributed by atoms with Crippen molar-refractivity contribution in [1.82, 2.24) is 15.4 Å². The van der Waals surface area contributed by atoms with Gasteiger partial charge in [-0.1, -0.05) is 0 Å². The molecule has 6 nitrogen and oxygen atoms in total. The van der Waals surface area contributed by atoms with E-state index in [0.29, 0.717) is 25.9 Å². The summed E-state index contributed by atoms with van der Waals surface area (Å²) in [6.45, 7) is 3.28. The lowest BCUT2D eigenvalue weighted by atomic mass is 10.3. The average molecular weight is 265 g/mol. The van der Waals surface area contributed by atoms with Gasteiger partial charge in [-0.25, -0.2) is 13.1 Å². The zero-order valence-electron chi connectivity index (χ0n) is 10.6. The molecule has 0 aromatic heterocycles. The molecule has 102 valence electrons. The molecule has 0 saturated heterocycles. The summed E-state index contributed by atoms with van der Waals surface area (Å²) in [4.78, 5) is 11.3. The van der Waals surface area contributed by atoms with Crippen molar-refractivity contribution < 1.29 is 13.2 Å². The van der Waals surface area contributed by atoms with Crippen molar-refractivity contribution in [2.24, 2.45) is 0 Å². The number of sulfonamides is 1. The minimum absolute atomic E-state index is 0.0126. The topological polar surface area (TPSA) is 87.3 Å². The first-order valence-electron chi connectivity index (χ1n) is 5.90. The molecule has 0 bridgehead atoms. The summed E-state index contributed by atoms with van der Waals surface area (Å²) in [5, 5.41) is 5.71. The third-order valence-electron chi connectivity index (χ3n) is 2.21. The van der Waals surface area contributed by atoms with Crippen molar-refractivity contribution in [3.05, 3.63) is 0 Å². The highest BCUT2D eigenvalue weighted by molar-refractivity contribution is 7.89. The van der Waals surface area contributed by atoms with Crippen LogP contribution in [-0.4, -0.2) is 46.8 Å². The molecule has 0 atom stereocenters. The Morgan fingerprint density at radius 1 is 1.12 bits per heavy atom. The number of hydrogen-bond acceptors (Lipinski definition) is 4. The van der Waals surface area contributed by atoms with Crippen LogP contribution in [0.3, 0.4) is 0 Å². The van der Waals surface area contributed by atoms with Gasteiger partial charge in [-0.2, -0.15) is 0 Å². The molecule has 0 heterocycles. The molecule has 3 N–H and O–H groups in total. The molecular weight excluding hydrogens is 242 g/mol. The van der Waals surface area contributed by atoms with Gasteiger partial charge in [-0.15, -0.1) is 0 Å². The smallest absolute Gasteiger partial charge is 0.220 e. The fraction of sp³-hybridized carbons (Fsp3) is 0.900. The van der Waals surface area contributed by atoms with E-state index in [1.54, 1.807) is 6.92 Å². The number of amides is 1. The van der Waals surface area contributed by atoms with Crippen LogP contribution >= 0.6 is 0 Å². The van der Waals surface area contributed by atoms with Gasteiger partial charge in [0.15, 0.2) is 0 Å². The fourth-order valence-electron chi connectivity index (χ4n) is 1.16. The molecule has 0 aliphatic carbocycles. The minimum Gasteiger partial charge on any atom is -0.356 e. The third kappa shape index (κ3) is 10.2. The molecule has 0 rings (SSSR count). The van der Waals surface area contributed by atoms with E-state index in [-0.39, 0.29) is 11.7 Å². The van der Waals surface area contributed by atoms with Crippen molar-refractivity contribution in [2.45, 2.75) is 26.2 Å². The third-order valence-corrected chi connectivity index (χ3v) is 3.61. The van der Waals surface area contributed by atoms with Gasteiger partial charge < -0.3 is 10.6 Å². The lowest BCUT2D eigenvalue weighted by Crippen LogP contribution is -2.30. The van der Waals surface area contributed by atoms with Crippen molar-refractivity contribution in [3.63, 3.8) is 0 Å². The molecule has 0 spiro atoms. The van der Waals surface area contributed by atoms with Crippen LogP contribution in [0.15, 0.2) is 0 Å². The van der Waals surface area contributed by atoms with Gasteiger partial charge in [-0.3, -0.25) is 4.79 Å². The molecule has 0 fully saturated rings. The molecular formula is C10H23N3O3S. The zero-order chi connectivity index (χ0) is 13.1. The van der Waals surface area contributed by atoms with Crippen LogP contribution < -0.4 is 15.4 Å². The van der Waals surface area contributed by atoms with Gasteiger partial charge in [0.1, 0.15) is 0 Å². The van der Waals surface area contributed by atoms with E-state index in [0.717, 1.165) is 13.0 Å². The number of nitrogens with one attached hydrogen (secondary N) is 3. The first-order chi connectivity index (χ1) is 8.02. The second-order valence-electron chi connectivity index (χ2n) is 3.71. The quantitative estimate of drug-likeness (QED) is 0.462. The molecule has 0 aromatic carbocycles. The largest absolute Gasteiger partial charge is 0.356 e. The lowest BCUT2D eigenvalue weighted by molar-refractivity contribution is -0.121. The van der Waals surface area contributed by atoms with Gasteiger partial charge in [-0.05, 0) is 33.4 Å². The van der Waals surface area contributed by atoms with Gasteiger partial charge in [0.25, 0.3) is 0 Å². The molecule has 0 unspecified atom stereocenters. The van der Waals surface area contributed by atoms with E-state index in [1.165, 1.54) is 0 Å². The fourth-order valence-corrected chi connectivity index (χ4v) is 1.82. The standard InChI is InChI=1S/C10H23N3O3S/c1-3-17(15,16)13-9-5-8-12-10(14)6-4-7-11-2/h11,13H,3-9H2,1-2H3,(H,12,14). The molecule has 7 heteroatoms. The predicted octanol–water partition coefficient (Wildman–Crippen LogP) is -0.568. The zero-order valence-corrected chi connectivity index (χ0v) is 11.4. The van der Waals surface area contributed by atoms with E-state index >= 15 is 0 Å². The summed E-state index contributed by atoms with van der Waals surface area (Å²) in [6.07, 6.45) is 1.92. The van der Waals surface area contributed by atoms with Crippen LogP contribution in [0.2, 0.25) is 0 Å². The number of rotatable bonds is 10. The Labute approximate surface area is 104 Å². The molecule has 0 radical (unpaired) electrons. The normalized spacial score (nSPS) is 11.4.